The summed E-state index contributed by atoms with van der Waals surface area (Å²) in [5, 5.41) is 20.8. The van der Waals surface area contributed by atoms with Gasteiger partial charge in [-0.2, -0.15) is 0 Å². The molecule has 2 heterocycles. The van der Waals surface area contributed by atoms with E-state index in [0.29, 0.717) is 12.1 Å². The van der Waals surface area contributed by atoms with Crippen LogP contribution in [0.15, 0.2) is 60.3 Å². The molecule has 3 N–H and O–H groups in total. The molecule has 0 saturated carbocycles. The molecule has 33 heavy (non-hydrogen) atoms. The molecule has 2 aromatic rings. The summed E-state index contributed by atoms with van der Waals surface area (Å²) in [5.74, 6) is -3.91. The van der Waals surface area contributed by atoms with Gasteiger partial charge in [-0.3, -0.25) is 19.9 Å². The lowest BCUT2D eigenvalue weighted by atomic mass is 9.99. The van der Waals surface area contributed by atoms with Gasteiger partial charge in [-0.25, -0.2) is 8.78 Å². The van der Waals surface area contributed by atoms with Crippen molar-refractivity contribution in [1.29, 1.82) is 0 Å². The van der Waals surface area contributed by atoms with Gasteiger partial charge in [0.05, 0.1) is 17.2 Å². The van der Waals surface area contributed by atoms with Crippen LogP contribution in [0.25, 0.3) is 0 Å². The van der Waals surface area contributed by atoms with Crippen molar-refractivity contribution in [3.63, 3.8) is 0 Å². The topological polar surface area (TPSA) is 132 Å². The Balaban J connectivity index is 0.00000122. The largest absolute Gasteiger partial charge is 0.573 e. The Bertz CT molecular complexity index is 1090. The number of nitro groups is 1. The van der Waals surface area contributed by atoms with E-state index in [9.17, 15) is 37.2 Å². The molecule has 0 unspecified atom stereocenters. The highest BCUT2D eigenvalue weighted by molar-refractivity contribution is 5.42. The van der Waals surface area contributed by atoms with Crippen molar-refractivity contribution in [1.82, 2.24) is 9.88 Å². The molecule has 1 atom stereocenters. The minimum absolute atomic E-state index is 0.0478. The first-order valence-electron chi connectivity index (χ1n) is 8.81. The van der Waals surface area contributed by atoms with E-state index in [0.717, 1.165) is 24.4 Å². The molecule has 0 bridgehead atoms. The van der Waals surface area contributed by atoms with Gasteiger partial charge in [0.1, 0.15) is 11.5 Å². The number of benzene rings is 1. The highest BCUT2D eigenvalue weighted by Gasteiger charge is 2.34. The number of carbonyl (C=O) groups excluding carboxylic acids is 1. The predicted octanol–water partition coefficient (Wildman–Crippen LogP) is 3.32. The van der Waals surface area contributed by atoms with E-state index >= 15 is 0 Å². The lowest BCUT2D eigenvalue weighted by Gasteiger charge is -2.31. The highest BCUT2D eigenvalue weighted by Crippen LogP contribution is 2.35. The normalized spacial score (nSPS) is 14.3. The van der Waals surface area contributed by atoms with E-state index in [1.54, 1.807) is 0 Å². The van der Waals surface area contributed by atoms with Crippen LogP contribution < -0.4 is 10.5 Å². The Morgan fingerprint density at radius 3 is 2.48 bits per heavy atom. The number of rotatable bonds is 5. The molecular weight excluding hydrogens is 459 g/mol. The number of aliphatic hydroxyl groups excluding tert-OH is 1. The third-order valence-electron chi connectivity index (χ3n) is 4.12. The summed E-state index contributed by atoms with van der Waals surface area (Å²) in [6.45, 7) is -0.147. The second-order valence-corrected chi connectivity index (χ2v) is 6.20. The zero-order valence-corrected chi connectivity index (χ0v) is 16.4. The van der Waals surface area contributed by atoms with Gasteiger partial charge < -0.3 is 20.5 Å². The highest BCUT2D eigenvalue weighted by atomic mass is 19.4. The number of carbonyl (C=O) groups is 1. The number of amides is 1. The van der Waals surface area contributed by atoms with Crippen LogP contribution in [0.5, 0.6) is 5.75 Å². The van der Waals surface area contributed by atoms with Crippen LogP contribution in [0.1, 0.15) is 17.3 Å². The molecule has 0 saturated heterocycles. The molecule has 1 aliphatic heterocycles. The number of halogens is 5. The average Bonchev–Trinajstić information content (AvgIpc) is 2.72. The van der Waals surface area contributed by atoms with Gasteiger partial charge in [0.15, 0.2) is 17.3 Å². The van der Waals surface area contributed by atoms with Crippen molar-refractivity contribution in [3.8, 4) is 5.75 Å². The first-order valence-corrected chi connectivity index (χ1v) is 8.81. The molecule has 9 nitrogen and oxygen atoms in total. The number of hydrogen-bond donors (Lipinski definition) is 2. The van der Waals surface area contributed by atoms with Crippen LogP contribution in [0.3, 0.4) is 0 Å². The van der Waals surface area contributed by atoms with Crippen LogP contribution in [-0.2, 0) is 4.79 Å². The fourth-order valence-electron chi connectivity index (χ4n) is 2.89. The maximum absolute atomic E-state index is 14.4. The second kappa shape index (κ2) is 10.4. The summed E-state index contributed by atoms with van der Waals surface area (Å²) in [7, 11) is 0. The van der Waals surface area contributed by atoms with Gasteiger partial charge in [-0.15, -0.1) is 13.2 Å². The third-order valence-corrected chi connectivity index (χ3v) is 4.12. The Labute approximate surface area is 182 Å². The summed E-state index contributed by atoms with van der Waals surface area (Å²) < 4.78 is 69.4. The molecule has 0 fully saturated rings. The van der Waals surface area contributed by atoms with Crippen molar-refractivity contribution in [3.05, 3.63) is 93.3 Å². The quantitative estimate of drug-likeness (QED) is 0.294. The second-order valence-electron chi connectivity index (χ2n) is 6.20. The minimum Gasteiger partial charge on any atom is -0.502 e. The van der Waals surface area contributed by atoms with Crippen molar-refractivity contribution in [2.45, 2.75) is 12.4 Å². The summed E-state index contributed by atoms with van der Waals surface area (Å²) in [6.07, 6.45) is -1.62. The summed E-state index contributed by atoms with van der Waals surface area (Å²) in [4.78, 5) is 23.9. The Kier molecular flexibility index (Phi) is 7.88. The zero-order valence-electron chi connectivity index (χ0n) is 16.4. The zero-order chi connectivity index (χ0) is 24.8. The van der Waals surface area contributed by atoms with E-state index in [1.165, 1.54) is 17.2 Å². The van der Waals surface area contributed by atoms with Gasteiger partial charge in [0, 0.05) is 12.7 Å². The molecule has 0 aliphatic carbocycles. The SMILES string of the molecule is NC=O.O=[N+]([O-])C1=CN([C@@H](c2ccc(OC(F)(F)F)c(F)c2)c2ncccc2F)CC=C1O. The van der Waals surface area contributed by atoms with Crippen LogP contribution >= 0.6 is 0 Å². The van der Waals surface area contributed by atoms with E-state index in [-0.39, 0.29) is 24.2 Å². The maximum Gasteiger partial charge on any atom is 0.573 e. The number of alkyl halides is 3. The van der Waals surface area contributed by atoms with Gasteiger partial charge in [-0.05, 0) is 35.9 Å². The number of hydrogen-bond acceptors (Lipinski definition) is 7. The molecule has 176 valence electrons. The van der Waals surface area contributed by atoms with Gasteiger partial charge >= 0.3 is 12.1 Å². The molecule has 0 spiro atoms. The minimum atomic E-state index is -5.12. The number of aliphatic hydroxyl groups is 1. The molecule has 0 radical (unpaired) electrons. The average molecular weight is 474 g/mol. The first-order chi connectivity index (χ1) is 15.5. The Morgan fingerprint density at radius 2 is 1.94 bits per heavy atom. The molecule has 14 heteroatoms. The standard InChI is InChI=1S/C18H12F5N3O4.CH3NO/c19-11-2-1-6-24-16(11)17(25-7-5-14(27)13(9-25)26(28)29)10-3-4-15(12(20)8-10)30-18(21,22)23;2-1-3/h1-6,8-9,17,27H,7H2;1H,(H2,2,3)/t17-;/m0./s1. The molecule has 1 aliphatic rings. The first kappa shape index (κ1) is 25.0. The van der Waals surface area contributed by atoms with Crippen molar-refractivity contribution in [2.24, 2.45) is 5.73 Å². The third kappa shape index (κ3) is 6.38. The Morgan fingerprint density at radius 1 is 1.27 bits per heavy atom. The summed E-state index contributed by atoms with van der Waals surface area (Å²) in [5.41, 5.74) is 3.17. The van der Waals surface area contributed by atoms with Crippen LogP contribution in [0, 0.1) is 21.7 Å². The molecule has 1 amide bonds. The van der Waals surface area contributed by atoms with Crippen LogP contribution in [0.2, 0.25) is 0 Å². The fraction of sp³-hybridized carbons (Fsp3) is 0.158. The predicted molar refractivity (Wildman–Crippen MR) is 102 cm³/mol. The van der Waals surface area contributed by atoms with Gasteiger partial charge in [0.25, 0.3) is 0 Å². The Hall–Kier alpha value is -4.23. The fourth-order valence-corrected chi connectivity index (χ4v) is 2.89. The molecule has 1 aromatic heterocycles. The number of pyridine rings is 1. The maximum atomic E-state index is 14.4. The van der Waals surface area contributed by atoms with E-state index in [1.807, 2.05) is 0 Å². The van der Waals surface area contributed by atoms with Crippen molar-refractivity contribution in [2.75, 3.05) is 6.54 Å². The number of ether oxygens (including phenoxy) is 1. The van der Waals surface area contributed by atoms with E-state index < -0.39 is 46.2 Å². The lowest BCUT2D eigenvalue weighted by molar-refractivity contribution is -0.425. The van der Waals surface area contributed by atoms with Gasteiger partial charge in [0.2, 0.25) is 6.41 Å². The monoisotopic (exact) mass is 474 g/mol. The lowest BCUT2D eigenvalue weighted by Crippen LogP contribution is -2.30. The smallest absolute Gasteiger partial charge is 0.502 e. The number of nitrogens with two attached hydrogens (primary N) is 1. The molecular formula is C19H15F5N4O5. The van der Waals surface area contributed by atoms with Crippen LogP contribution in [-0.4, -0.2) is 39.2 Å². The van der Waals surface area contributed by atoms with Crippen molar-refractivity contribution < 1.29 is 41.5 Å². The van der Waals surface area contributed by atoms with Gasteiger partial charge in [-0.1, -0.05) is 6.07 Å². The summed E-state index contributed by atoms with van der Waals surface area (Å²) >= 11 is 0. The van der Waals surface area contributed by atoms with Crippen LogP contribution in [0.4, 0.5) is 22.0 Å². The van der Waals surface area contributed by atoms with Crippen molar-refractivity contribution >= 4 is 6.41 Å². The summed E-state index contributed by atoms with van der Waals surface area (Å²) in [6, 6.07) is 3.55. The number of aromatic nitrogens is 1. The number of primary amides is 1. The van der Waals surface area contributed by atoms with E-state index in [2.05, 4.69) is 15.5 Å². The molecule has 1 aromatic carbocycles. The molecule has 3 rings (SSSR count). The van der Waals surface area contributed by atoms with E-state index in [4.69, 9.17) is 4.79 Å². The number of nitrogens with zero attached hydrogens (tertiary/aromatic N) is 3.